The number of benzene rings is 1. The molecule has 0 spiro atoms. The molecule has 0 amide bonds. The van der Waals surface area contributed by atoms with E-state index >= 15 is 0 Å². The van der Waals surface area contributed by atoms with Gasteiger partial charge < -0.3 is 14.4 Å². The van der Waals surface area contributed by atoms with Gasteiger partial charge in [-0.1, -0.05) is 6.92 Å². The minimum atomic E-state index is 0.150. The molecular weight excluding hydrogens is 268 g/mol. The Morgan fingerprint density at radius 2 is 1.71 bits per heavy atom. The Kier molecular flexibility index (Phi) is 4.41. The first-order chi connectivity index (χ1) is 10.3. The van der Waals surface area contributed by atoms with Gasteiger partial charge in [0, 0.05) is 31.7 Å². The lowest BCUT2D eigenvalue weighted by atomic mass is 10.1. The van der Waals surface area contributed by atoms with Gasteiger partial charge in [-0.2, -0.15) is 0 Å². The number of fused-ring (bicyclic) bond motifs is 1. The van der Waals surface area contributed by atoms with Crippen molar-refractivity contribution in [1.29, 1.82) is 0 Å². The summed E-state index contributed by atoms with van der Waals surface area (Å²) in [6, 6.07) is 5.47. The second-order valence-corrected chi connectivity index (χ2v) is 5.49. The van der Waals surface area contributed by atoms with Crippen molar-refractivity contribution in [3.63, 3.8) is 0 Å². The van der Waals surface area contributed by atoms with Gasteiger partial charge >= 0.3 is 0 Å². The number of ketones is 1. The average molecular weight is 290 g/mol. The molecule has 0 unspecified atom stereocenters. The highest BCUT2D eigenvalue weighted by atomic mass is 16.6. The predicted octanol–water partition coefficient (Wildman–Crippen LogP) is 1.28. The van der Waals surface area contributed by atoms with Gasteiger partial charge in [-0.15, -0.1) is 0 Å². The van der Waals surface area contributed by atoms with E-state index in [1.807, 2.05) is 12.1 Å². The third-order valence-electron chi connectivity index (χ3n) is 4.14. The first kappa shape index (κ1) is 14.4. The maximum absolute atomic E-state index is 12.4. The number of nitrogens with zero attached hydrogens (tertiary/aromatic N) is 2. The fourth-order valence-electron chi connectivity index (χ4n) is 2.77. The summed E-state index contributed by atoms with van der Waals surface area (Å²) in [5.74, 6) is 1.56. The van der Waals surface area contributed by atoms with Crippen molar-refractivity contribution in [2.75, 3.05) is 52.5 Å². The zero-order valence-corrected chi connectivity index (χ0v) is 12.5. The Bertz CT molecular complexity index is 510. The first-order valence-electron chi connectivity index (χ1n) is 7.64. The SMILES string of the molecule is CCN1CCN(CC(=O)c2ccc3c(c2)OCCO3)CC1. The summed E-state index contributed by atoms with van der Waals surface area (Å²) in [5, 5.41) is 0. The minimum Gasteiger partial charge on any atom is -0.486 e. The number of carbonyl (C=O) groups is 1. The Morgan fingerprint density at radius 3 is 2.43 bits per heavy atom. The van der Waals surface area contributed by atoms with E-state index in [2.05, 4.69) is 16.7 Å². The van der Waals surface area contributed by atoms with Crippen LogP contribution in [0.3, 0.4) is 0 Å². The van der Waals surface area contributed by atoms with Crippen LogP contribution in [-0.4, -0.2) is 68.1 Å². The van der Waals surface area contributed by atoms with Gasteiger partial charge in [-0.05, 0) is 24.7 Å². The molecule has 2 aliphatic heterocycles. The van der Waals surface area contributed by atoms with E-state index < -0.39 is 0 Å². The second kappa shape index (κ2) is 6.45. The van der Waals surface area contributed by atoms with Crippen LogP contribution >= 0.6 is 0 Å². The molecular formula is C16H22N2O3. The van der Waals surface area contributed by atoms with Crippen LogP contribution in [0.2, 0.25) is 0 Å². The van der Waals surface area contributed by atoms with Crippen molar-refractivity contribution < 1.29 is 14.3 Å². The van der Waals surface area contributed by atoms with Crippen molar-refractivity contribution in [1.82, 2.24) is 9.80 Å². The molecule has 1 saturated heterocycles. The van der Waals surface area contributed by atoms with Crippen LogP contribution in [0.25, 0.3) is 0 Å². The first-order valence-corrected chi connectivity index (χ1v) is 7.64. The fraction of sp³-hybridized carbons (Fsp3) is 0.562. The topological polar surface area (TPSA) is 42.0 Å². The quantitative estimate of drug-likeness (QED) is 0.781. The molecule has 0 aromatic heterocycles. The van der Waals surface area contributed by atoms with E-state index in [0.29, 0.717) is 31.1 Å². The molecule has 0 bridgehead atoms. The van der Waals surface area contributed by atoms with Crippen LogP contribution in [0.5, 0.6) is 11.5 Å². The van der Waals surface area contributed by atoms with E-state index in [1.165, 1.54) is 0 Å². The van der Waals surface area contributed by atoms with Crippen molar-refractivity contribution in [2.24, 2.45) is 0 Å². The largest absolute Gasteiger partial charge is 0.486 e. The predicted molar refractivity (Wildman–Crippen MR) is 80.3 cm³/mol. The number of ether oxygens (including phenoxy) is 2. The van der Waals surface area contributed by atoms with Gasteiger partial charge in [0.15, 0.2) is 17.3 Å². The van der Waals surface area contributed by atoms with Crippen molar-refractivity contribution in [3.05, 3.63) is 23.8 Å². The van der Waals surface area contributed by atoms with Crippen LogP contribution in [0.1, 0.15) is 17.3 Å². The number of hydrogen-bond acceptors (Lipinski definition) is 5. The summed E-state index contributed by atoms with van der Waals surface area (Å²) in [6.07, 6.45) is 0. The zero-order chi connectivity index (χ0) is 14.7. The zero-order valence-electron chi connectivity index (χ0n) is 12.5. The summed E-state index contributed by atoms with van der Waals surface area (Å²) in [6.45, 7) is 8.88. The van der Waals surface area contributed by atoms with E-state index in [4.69, 9.17) is 9.47 Å². The standard InChI is InChI=1S/C16H22N2O3/c1-2-17-5-7-18(8-6-17)12-14(19)13-3-4-15-16(11-13)21-10-9-20-15/h3-4,11H,2,5-10,12H2,1H3. The molecule has 2 heterocycles. The van der Waals surface area contributed by atoms with Gasteiger partial charge in [0.2, 0.25) is 0 Å². The Morgan fingerprint density at radius 1 is 1.05 bits per heavy atom. The average Bonchev–Trinajstić information content (AvgIpc) is 2.55. The summed E-state index contributed by atoms with van der Waals surface area (Å²) < 4.78 is 11.0. The Balaban J connectivity index is 1.60. The maximum Gasteiger partial charge on any atom is 0.176 e. The van der Waals surface area contributed by atoms with Crippen LogP contribution in [-0.2, 0) is 0 Å². The normalized spacial score (nSPS) is 19.5. The van der Waals surface area contributed by atoms with Crippen LogP contribution in [0.15, 0.2) is 18.2 Å². The monoisotopic (exact) mass is 290 g/mol. The number of likely N-dealkylation sites (N-methyl/N-ethyl adjacent to an activating group) is 1. The summed E-state index contributed by atoms with van der Waals surface area (Å²) in [7, 11) is 0. The molecule has 5 nitrogen and oxygen atoms in total. The fourth-order valence-corrected chi connectivity index (χ4v) is 2.77. The molecule has 1 aromatic rings. The van der Waals surface area contributed by atoms with Gasteiger partial charge in [-0.3, -0.25) is 9.69 Å². The van der Waals surface area contributed by atoms with Gasteiger partial charge in [0.25, 0.3) is 0 Å². The third-order valence-corrected chi connectivity index (χ3v) is 4.14. The molecule has 0 N–H and O–H groups in total. The van der Waals surface area contributed by atoms with Crippen LogP contribution < -0.4 is 9.47 Å². The number of hydrogen-bond donors (Lipinski definition) is 0. The molecule has 1 aromatic carbocycles. The van der Waals surface area contributed by atoms with Crippen molar-refractivity contribution in [2.45, 2.75) is 6.92 Å². The van der Waals surface area contributed by atoms with Crippen molar-refractivity contribution in [3.8, 4) is 11.5 Å². The van der Waals surface area contributed by atoms with Gasteiger partial charge in [-0.25, -0.2) is 0 Å². The molecule has 1 fully saturated rings. The molecule has 0 atom stereocenters. The molecule has 2 aliphatic rings. The molecule has 3 rings (SSSR count). The highest BCUT2D eigenvalue weighted by Gasteiger charge is 2.20. The minimum absolute atomic E-state index is 0.150. The molecule has 0 aliphatic carbocycles. The molecule has 0 radical (unpaired) electrons. The lowest BCUT2D eigenvalue weighted by molar-refractivity contribution is 0.0858. The third kappa shape index (κ3) is 3.36. The number of Topliss-reactive ketones (excluding diaryl/α,β-unsaturated/α-hetero) is 1. The summed E-state index contributed by atoms with van der Waals surface area (Å²) in [5.41, 5.74) is 0.706. The van der Waals surface area contributed by atoms with Crippen LogP contribution in [0, 0.1) is 0 Å². The lowest BCUT2D eigenvalue weighted by Gasteiger charge is -2.33. The number of piperazine rings is 1. The highest BCUT2D eigenvalue weighted by molar-refractivity contribution is 5.98. The highest BCUT2D eigenvalue weighted by Crippen LogP contribution is 2.30. The Labute approximate surface area is 125 Å². The summed E-state index contributed by atoms with van der Waals surface area (Å²) >= 11 is 0. The van der Waals surface area contributed by atoms with Crippen LogP contribution in [0.4, 0.5) is 0 Å². The van der Waals surface area contributed by atoms with Gasteiger partial charge in [0.1, 0.15) is 13.2 Å². The molecule has 114 valence electrons. The molecule has 0 saturated carbocycles. The molecule has 21 heavy (non-hydrogen) atoms. The number of rotatable bonds is 4. The lowest BCUT2D eigenvalue weighted by Crippen LogP contribution is -2.47. The van der Waals surface area contributed by atoms with Crippen molar-refractivity contribution >= 4 is 5.78 Å². The van der Waals surface area contributed by atoms with E-state index in [0.717, 1.165) is 38.5 Å². The van der Waals surface area contributed by atoms with E-state index in [-0.39, 0.29) is 5.78 Å². The Hall–Kier alpha value is -1.59. The summed E-state index contributed by atoms with van der Waals surface area (Å²) in [4.78, 5) is 17.0. The number of carbonyl (C=O) groups excluding carboxylic acids is 1. The van der Waals surface area contributed by atoms with Gasteiger partial charge in [0.05, 0.1) is 6.54 Å². The molecule has 5 heteroatoms. The smallest absolute Gasteiger partial charge is 0.176 e. The van der Waals surface area contributed by atoms with E-state index in [9.17, 15) is 4.79 Å². The maximum atomic E-state index is 12.4. The second-order valence-electron chi connectivity index (χ2n) is 5.49. The van der Waals surface area contributed by atoms with E-state index in [1.54, 1.807) is 6.07 Å².